The molecule has 1 atom stereocenters. The summed E-state index contributed by atoms with van der Waals surface area (Å²) in [5.41, 5.74) is 0. The van der Waals surface area contributed by atoms with Gasteiger partial charge < -0.3 is 15.4 Å². The number of methoxy groups -OCH3 is 1. The molecule has 112 valence electrons. The van der Waals surface area contributed by atoms with Crippen LogP contribution < -0.4 is 10.6 Å². The smallest absolute Gasteiger partial charge is 0.234 e. The van der Waals surface area contributed by atoms with Crippen molar-refractivity contribution in [1.82, 2.24) is 15.5 Å². The van der Waals surface area contributed by atoms with Crippen LogP contribution in [0.2, 0.25) is 0 Å². The average molecular weight is 271 g/mol. The standard InChI is InChI=1S/C14H29N3O2/c1-3-15-11-13-7-4-5-9-17(13)12-14(18)16-8-6-10-19-2/h13,15H,3-12H2,1-2H3,(H,16,18). The van der Waals surface area contributed by atoms with E-state index in [4.69, 9.17) is 4.74 Å². The van der Waals surface area contributed by atoms with Crippen LogP contribution in [0.4, 0.5) is 0 Å². The minimum Gasteiger partial charge on any atom is -0.385 e. The number of nitrogens with zero attached hydrogens (tertiary/aromatic N) is 1. The average Bonchev–Trinajstić information content (AvgIpc) is 2.43. The van der Waals surface area contributed by atoms with Gasteiger partial charge in [0.05, 0.1) is 6.54 Å². The van der Waals surface area contributed by atoms with Crippen LogP contribution in [-0.2, 0) is 9.53 Å². The summed E-state index contributed by atoms with van der Waals surface area (Å²) in [5.74, 6) is 0.138. The predicted molar refractivity (Wildman–Crippen MR) is 77.3 cm³/mol. The Morgan fingerprint density at radius 1 is 1.42 bits per heavy atom. The second kappa shape index (κ2) is 10.2. The van der Waals surface area contributed by atoms with Crippen LogP contribution in [0.3, 0.4) is 0 Å². The predicted octanol–water partition coefficient (Wildman–Crippen LogP) is 0.603. The quantitative estimate of drug-likeness (QED) is 0.603. The molecule has 1 aliphatic rings. The molecule has 1 saturated heterocycles. The van der Waals surface area contributed by atoms with E-state index in [2.05, 4.69) is 22.5 Å². The largest absolute Gasteiger partial charge is 0.385 e. The summed E-state index contributed by atoms with van der Waals surface area (Å²) in [5, 5.41) is 6.35. The molecular formula is C14H29N3O2. The van der Waals surface area contributed by atoms with Crippen molar-refractivity contribution in [3.63, 3.8) is 0 Å². The van der Waals surface area contributed by atoms with Gasteiger partial charge in [-0.15, -0.1) is 0 Å². The van der Waals surface area contributed by atoms with Gasteiger partial charge in [-0.1, -0.05) is 13.3 Å². The first-order valence-electron chi connectivity index (χ1n) is 7.48. The summed E-state index contributed by atoms with van der Waals surface area (Å²) in [7, 11) is 1.68. The van der Waals surface area contributed by atoms with Crippen molar-refractivity contribution >= 4 is 5.91 Å². The van der Waals surface area contributed by atoms with E-state index < -0.39 is 0 Å². The third-order valence-electron chi connectivity index (χ3n) is 3.57. The fourth-order valence-electron chi connectivity index (χ4n) is 2.49. The van der Waals surface area contributed by atoms with Crippen LogP contribution >= 0.6 is 0 Å². The highest BCUT2D eigenvalue weighted by Crippen LogP contribution is 2.15. The van der Waals surface area contributed by atoms with Crippen molar-refractivity contribution in [2.45, 2.75) is 38.6 Å². The molecule has 1 heterocycles. The lowest BCUT2D eigenvalue weighted by atomic mass is 10.0. The van der Waals surface area contributed by atoms with Crippen LogP contribution in [0.15, 0.2) is 0 Å². The Labute approximate surface area is 117 Å². The Morgan fingerprint density at radius 3 is 3.00 bits per heavy atom. The van der Waals surface area contributed by atoms with Crippen molar-refractivity contribution in [3.05, 3.63) is 0 Å². The van der Waals surface area contributed by atoms with Gasteiger partial charge in [0.15, 0.2) is 0 Å². The molecule has 1 rings (SSSR count). The minimum absolute atomic E-state index is 0.138. The summed E-state index contributed by atoms with van der Waals surface area (Å²) >= 11 is 0. The van der Waals surface area contributed by atoms with Gasteiger partial charge in [0.25, 0.3) is 0 Å². The van der Waals surface area contributed by atoms with Gasteiger partial charge in [0.1, 0.15) is 0 Å². The van der Waals surface area contributed by atoms with Crippen LogP contribution in [0.5, 0.6) is 0 Å². The maximum atomic E-state index is 11.9. The number of hydrogen-bond donors (Lipinski definition) is 2. The molecule has 5 heteroatoms. The van der Waals surface area contributed by atoms with E-state index in [-0.39, 0.29) is 5.91 Å². The molecule has 19 heavy (non-hydrogen) atoms. The van der Waals surface area contributed by atoms with E-state index in [0.717, 1.165) is 26.1 Å². The molecule has 2 N–H and O–H groups in total. The monoisotopic (exact) mass is 271 g/mol. The third-order valence-corrected chi connectivity index (χ3v) is 3.57. The summed E-state index contributed by atoms with van der Waals surface area (Å²) in [6.07, 6.45) is 4.56. The molecule has 0 aromatic carbocycles. The van der Waals surface area contributed by atoms with Crippen molar-refractivity contribution < 1.29 is 9.53 Å². The molecule has 0 aliphatic carbocycles. The van der Waals surface area contributed by atoms with E-state index in [1.807, 2.05) is 0 Å². The Balaban J connectivity index is 2.24. The lowest BCUT2D eigenvalue weighted by Gasteiger charge is -2.35. The first kappa shape index (κ1) is 16.4. The number of nitrogens with one attached hydrogen (secondary N) is 2. The first-order valence-corrected chi connectivity index (χ1v) is 7.48. The molecule has 1 unspecified atom stereocenters. The number of carbonyl (C=O) groups is 1. The summed E-state index contributed by atoms with van der Waals surface area (Å²) in [6.45, 7) is 7.09. The van der Waals surface area contributed by atoms with Gasteiger partial charge in [-0.3, -0.25) is 9.69 Å². The normalized spacial score (nSPS) is 20.4. The molecule has 5 nitrogen and oxygen atoms in total. The summed E-state index contributed by atoms with van der Waals surface area (Å²) in [4.78, 5) is 14.2. The lowest BCUT2D eigenvalue weighted by Crippen LogP contribution is -2.49. The van der Waals surface area contributed by atoms with Crippen molar-refractivity contribution in [1.29, 1.82) is 0 Å². The maximum Gasteiger partial charge on any atom is 0.234 e. The molecular weight excluding hydrogens is 242 g/mol. The third kappa shape index (κ3) is 6.89. The van der Waals surface area contributed by atoms with E-state index in [1.165, 1.54) is 19.3 Å². The Hall–Kier alpha value is -0.650. The highest BCUT2D eigenvalue weighted by Gasteiger charge is 2.23. The number of hydrogen-bond acceptors (Lipinski definition) is 4. The maximum absolute atomic E-state index is 11.9. The number of rotatable bonds is 9. The molecule has 0 spiro atoms. The SMILES string of the molecule is CCNCC1CCCCN1CC(=O)NCCCOC. The minimum atomic E-state index is 0.138. The molecule has 0 aromatic heterocycles. The number of likely N-dealkylation sites (N-methyl/N-ethyl adjacent to an activating group) is 1. The first-order chi connectivity index (χ1) is 9.27. The fraction of sp³-hybridized carbons (Fsp3) is 0.929. The van der Waals surface area contributed by atoms with E-state index in [0.29, 0.717) is 25.7 Å². The molecule has 0 saturated carbocycles. The van der Waals surface area contributed by atoms with Crippen molar-refractivity contribution in [2.75, 3.05) is 46.4 Å². The van der Waals surface area contributed by atoms with Crippen LogP contribution in [0, 0.1) is 0 Å². The second-order valence-corrected chi connectivity index (χ2v) is 5.12. The number of carbonyl (C=O) groups excluding carboxylic acids is 1. The zero-order valence-electron chi connectivity index (χ0n) is 12.4. The lowest BCUT2D eigenvalue weighted by molar-refractivity contribution is -0.123. The Kier molecular flexibility index (Phi) is 8.79. The molecule has 1 aliphatic heterocycles. The van der Waals surface area contributed by atoms with Gasteiger partial charge in [0.2, 0.25) is 5.91 Å². The van der Waals surface area contributed by atoms with Gasteiger partial charge >= 0.3 is 0 Å². The van der Waals surface area contributed by atoms with E-state index in [9.17, 15) is 4.79 Å². The van der Waals surface area contributed by atoms with Crippen molar-refractivity contribution in [3.8, 4) is 0 Å². The fourth-order valence-corrected chi connectivity index (χ4v) is 2.49. The number of ether oxygens (including phenoxy) is 1. The zero-order chi connectivity index (χ0) is 13.9. The van der Waals surface area contributed by atoms with Gasteiger partial charge in [-0.25, -0.2) is 0 Å². The van der Waals surface area contributed by atoms with E-state index in [1.54, 1.807) is 7.11 Å². The van der Waals surface area contributed by atoms with Gasteiger partial charge in [-0.2, -0.15) is 0 Å². The summed E-state index contributed by atoms with van der Waals surface area (Å²) in [6, 6.07) is 0.512. The van der Waals surface area contributed by atoms with Gasteiger partial charge in [0, 0.05) is 32.8 Å². The Morgan fingerprint density at radius 2 is 2.26 bits per heavy atom. The van der Waals surface area contributed by atoms with Crippen molar-refractivity contribution in [2.24, 2.45) is 0 Å². The zero-order valence-corrected chi connectivity index (χ0v) is 12.4. The van der Waals surface area contributed by atoms with Crippen LogP contribution in [0.25, 0.3) is 0 Å². The highest BCUT2D eigenvalue weighted by molar-refractivity contribution is 5.78. The molecule has 0 radical (unpaired) electrons. The molecule has 0 bridgehead atoms. The molecule has 1 amide bonds. The highest BCUT2D eigenvalue weighted by atomic mass is 16.5. The number of piperidine rings is 1. The number of amides is 1. The summed E-state index contributed by atoms with van der Waals surface area (Å²) < 4.78 is 4.96. The van der Waals surface area contributed by atoms with E-state index >= 15 is 0 Å². The Bertz CT molecular complexity index is 249. The molecule has 1 fully saturated rings. The number of likely N-dealkylation sites (tertiary alicyclic amines) is 1. The van der Waals surface area contributed by atoms with Crippen LogP contribution in [-0.4, -0.2) is 63.3 Å². The second-order valence-electron chi connectivity index (χ2n) is 5.12. The topological polar surface area (TPSA) is 53.6 Å². The van der Waals surface area contributed by atoms with Gasteiger partial charge in [-0.05, 0) is 32.4 Å². The van der Waals surface area contributed by atoms with Crippen LogP contribution in [0.1, 0.15) is 32.6 Å². The molecule has 0 aromatic rings.